The molecule has 0 amide bonds. The molecule has 1 saturated heterocycles. The lowest BCUT2D eigenvalue weighted by Crippen LogP contribution is -2.34. The van der Waals surface area contributed by atoms with Gasteiger partial charge in [-0.05, 0) is 57.8 Å². The van der Waals surface area contributed by atoms with E-state index in [9.17, 15) is 0 Å². The number of hydrogen-bond acceptors (Lipinski definition) is 4. The first-order valence-electron chi connectivity index (χ1n) is 8.74. The van der Waals surface area contributed by atoms with Crippen LogP contribution in [0.15, 0.2) is 29.6 Å². The first kappa shape index (κ1) is 15.8. The zero-order valence-corrected chi connectivity index (χ0v) is 15.2. The third-order valence-electron chi connectivity index (χ3n) is 5.05. The van der Waals surface area contributed by atoms with E-state index in [4.69, 9.17) is 4.98 Å². The molecule has 0 aliphatic carbocycles. The molecule has 2 aromatic heterocycles. The summed E-state index contributed by atoms with van der Waals surface area (Å²) >= 11 is 1.75. The molecule has 3 heterocycles. The van der Waals surface area contributed by atoms with E-state index in [-0.39, 0.29) is 0 Å². The van der Waals surface area contributed by atoms with Gasteiger partial charge >= 0.3 is 0 Å². The molecule has 1 fully saturated rings. The third-order valence-corrected chi connectivity index (χ3v) is 5.87. The van der Waals surface area contributed by atoms with E-state index >= 15 is 0 Å². The molecule has 0 N–H and O–H groups in total. The second kappa shape index (κ2) is 6.65. The first-order valence-corrected chi connectivity index (χ1v) is 9.62. The smallest absolute Gasteiger partial charge is 0.106 e. The highest BCUT2D eigenvalue weighted by molar-refractivity contribution is 7.09. The van der Waals surface area contributed by atoms with Crippen molar-refractivity contribution in [2.75, 3.05) is 13.1 Å². The molecule has 1 aromatic carbocycles. The van der Waals surface area contributed by atoms with Gasteiger partial charge in [0.2, 0.25) is 0 Å². The fraction of sp³-hybridized carbons (Fsp3) is 0.474. The average Bonchev–Trinajstić information content (AvgIpc) is 3.13. The Kier molecular flexibility index (Phi) is 4.37. The van der Waals surface area contributed by atoms with Crippen LogP contribution in [0.25, 0.3) is 11.0 Å². The Labute approximate surface area is 147 Å². The van der Waals surface area contributed by atoms with Crippen LogP contribution in [0.5, 0.6) is 0 Å². The number of aromatic nitrogens is 3. The summed E-state index contributed by atoms with van der Waals surface area (Å²) in [5.74, 6) is 1.88. The summed E-state index contributed by atoms with van der Waals surface area (Å²) in [7, 11) is 0. The monoisotopic (exact) mass is 340 g/mol. The summed E-state index contributed by atoms with van der Waals surface area (Å²) in [6.07, 6.45) is 2.52. The lowest BCUT2D eigenvalue weighted by atomic mass is 9.96. The number of thiazole rings is 1. The van der Waals surface area contributed by atoms with Crippen molar-refractivity contribution in [2.45, 2.75) is 39.8 Å². The van der Waals surface area contributed by atoms with Crippen LogP contribution in [-0.4, -0.2) is 32.5 Å². The van der Waals surface area contributed by atoms with Crippen LogP contribution in [0, 0.1) is 19.8 Å². The van der Waals surface area contributed by atoms with Crippen molar-refractivity contribution >= 4 is 22.4 Å². The van der Waals surface area contributed by atoms with E-state index < -0.39 is 0 Å². The number of rotatable bonds is 4. The van der Waals surface area contributed by atoms with Gasteiger partial charge in [-0.25, -0.2) is 9.97 Å². The fourth-order valence-electron chi connectivity index (χ4n) is 3.72. The van der Waals surface area contributed by atoms with Crippen molar-refractivity contribution < 1.29 is 0 Å². The number of imidazole rings is 1. The Bertz CT molecular complexity index is 827. The minimum Gasteiger partial charge on any atom is -0.328 e. The van der Waals surface area contributed by atoms with Gasteiger partial charge in [0, 0.05) is 18.5 Å². The maximum absolute atomic E-state index is 4.70. The van der Waals surface area contributed by atoms with Crippen LogP contribution in [-0.2, 0) is 13.1 Å². The molecule has 0 atom stereocenters. The molecule has 0 radical (unpaired) electrons. The predicted octanol–water partition coefficient (Wildman–Crippen LogP) is 4.02. The van der Waals surface area contributed by atoms with Crippen LogP contribution >= 0.6 is 11.3 Å². The molecule has 0 saturated carbocycles. The van der Waals surface area contributed by atoms with E-state index in [2.05, 4.69) is 57.9 Å². The second-order valence-corrected chi connectivity index (χ2v) is 7.90. The molecule has 3 aromatic rings. The Balaban J connectivity index is 1.38. The van der Waals surface area contributed by atoms with Gasteiger partial charge in [-0.3, -0.25) is 4.90 Å². The largest absolute Gasteiger partial charge is 0.328 e. The first-order chi connectivity index (χ1) is 11.7. The molecule has 0 bridgehead atoms. The van der Waals surface area contributed by atoms with Gasteiger partial charge < -0.3 is 4.57 Å². The van der Waals surface area contributed by atoms with Crippen LogP contribution in [0.1, 0.15) is 29.4 Å². The highest BCUT2D eigenvalue weighted by Crippen LogP contribution is 2.24. The van der Waals surface area contributed by atoms with Crippen molar-refractivity contribution in [1.82, 2.24) is 19.4 Å². The summed E-state index contributed by atoms with van der Waals surface area (Å²) in [5.41, 5.74) is 3.62. The highest BCUT2D eigenvalue weighted by Gasteiger charge is 2.21. The molecule has 0 spiro atoms. The topological polar surface area (TPSA) is 34.0 Å². The summed E-state index contributed by atoms with van der Waals surface area (Å²) in [6.45, 7) is 8.65. The summed E-state index contributed by atoms with van der Waals surface area (Å²) in [5, 5.41) is 3.37. The molecule has 4 nitrogen and oxygen atoms in total. The fourth-order valence-corrected chi connectivity index (χ4v) is 4.33. The lowest BCUT2D eigenvalue weighted by molar-refractivity contribution is 0.166. The number of benzene rings is 1. The lowest BCUT2D eigenvalue weighted by Gasteiger charge is -2.32. The summed E-state index contributed by atoms with van der Waals surface area (Å²) < 4.78 is 2.40. The highest BCUT2D eigenvalue weighted by atomic mass is 32.1. The van der Waals surface area contributed by atoms with E-state index in [1.54, 1.807) is 11.3 Å². The van der Waals surface area contributed by atoms with E-state index in [0.717, 1.165) is 30.3 Å². The second-order valence-electron chi connectivity index (χ2n) is 6.84. The number of aryl methyl sites for hydroxylation is 2. The molecule has 1 aliphatic heterocycles. The summed E-state index contributed by atoms with van der Waals surface area (Å²) in [4.78, 5) is 11.8. The normalized spacial score (nSPS) is 16.9. The van der Waals surface area contributed by atoms with Gasteiger partial charge in [-0.2, -0.15) is 0 Å². The Morgan fingerprint density at radius 3 is 2.67 bits per heavy atom. The van der Waals surface area contributed by atoms with E-state index in [1.165, 1.54) is 42.1 Å². The van der Waals surface area contributed by atoms with Gasteiger partial charge in [0.15, 0.2) is 0 Å². The quantitative estimate of drug-likeness (QED) is 0.719. The van der Waals surface area contributed by atoms with Crippen LogP contribution in [0.3, 0.4) is 0 Å². The van der Waals surface area contributed by atoms with Crippen molar-refractivity contribution in [2.24, 2.45) is 5.92 Å². The SMILES string of the molecule is Cc1nc(CN2CCC(Cn3c(C)nc4ccccc43)CC2)cs1. The Hall–Kier alpha value is -1.72. The zero-order chi connectivity index (χ0) is 16.5. The Morgan fingerprint density at radius 2 is 1.92 bits per heavy atom. The number of nitrogens with zero attached hydrogens (tertiary/aromatic N) is 4. The minimum atomic E-state index is 0.745. The molecule has 126 valence electrons. The molecule has 5 heteroatoms. The van der Waals surface area contributed by atoms with Gasteiger partial charge in [0.25, 0.3) is 0 Å². The average molecular weight is 340 g/mol. The number of para-hydroxylation sites is 2. The predicted molar refractivity (Wildman–Crippen MR) is 99.3 cm³/mol. The standard InChI is InChI=1S/C19H24N4S/c1-14-20-18-5-3-4-6-19(18)23(14)11-16-7-9-22(10-8-16)12-17-13-24-15(2)21-17/h3-6,13,16H,7-12H2,1-2H3. The number of fused-ring (bicyclic) bond motifs is 1. The van der Waals surface area contributed by atoms with Crippen LogP contribution < -0.4 is 0 Å². The maximum atomic E-state index is 4.70. The Morgan fingerprint density at radius 1 is 1.12 bits per heavy atom. The van der Waals surface area contributed by atoms with Crippen molar-refractivity contribution in [3.05, 3.63) is 46.2 Å². The van der Waals surface area contributed by atoms with E-state index in [1.807, 2.05) is 0 Å². The number of hydrogen-bond donors (Lipinski definition) is 0. The molecular weight excluding hydrogens is 316 g/mol. The zero-order valence-electron chi connectivity index (χ0n) is 14.4. The van der Waals surface area contributed by atoms with Gasteiger partial charge in [0.1, 0.15) is 5.82 Å². The van der Waals surface area contributed by atoms with Gasteiger partial charge in [-0.1, -0.05) is 12.1 Å². The number of likely N-dealkylation sites (tertiary alicyclic amines) is 1. The van der Waals surface area contributed by atoms with Crippen LogP contribution in [0.4, 0.5) is 0 Å². The minimum absolute atomic E-state index is 0.745. The molecule has 24 heavy (non-hydrogen) atoms. The van der Waals surface area contributed by atoms with Gasteiger partial charge in [0.05, 0.1) is 21.7 Å². The van der Waals surface area contributed by atoms with Crippen LogP contribution in [0.2, 0.25) is 0 Å². The van der Waals surface area contributed by atoms with Crippen molar-refractivity contribution in [1.29, 1.82) is 0 Å². The molecule has 0 unspecified atom stereocenters. The van der Waals surface area contributed by atoms with Crippen molar-refractivity contribution in [3.8, 4) is 0 Å². The molecule has 4 rings (SSSR count). The summed E-state index contributed by atoms with van der Waals surface area (Å²) in [6, 6.07) is 8.47. The van der Waals surface area contributed by atoms with E-state index in [0.29, 0.717) is 0 Å². The molecule has 1 aliphatic rings. The third kappa shape index (κ3) is 3.23. The maximum Gasteiger partial charge on any atom is 0.106 e. The van der Waals surface area contributed by atoms with Gasteiger partial charge in [-0.15, -0.1) is 11.3 Å². The number of piperidine rings is 1. The molecular formula is C19H24N4S. The van der Waals surface area contributed by atoms with Crippen molar-refractivity contribution in [3.63, 3.8) is 0 Å².